The minimum atomic E-state index is -0.0847. The van der Waals surface area contributed by atoms with Crippen LogP contribution >= 0.6 is 0 Å². The first-order chi connectivity index (χ1) is 11.6. The number of ether oxygens (including phenoxy) is 2. The van der Waals surface area contributed by atoms with Gasteiger partial charge in [-0.1, -0.05) is 30.3 Å². The van der Waals surface area contributed by atoms with Gasteiger partial charge in [-0.25, -0.2) is 0 Å². The lowest BCUT2D eigenvalue weighted by molar-refractivity contribution is -0.957. The Labute approximate surface area is 143 Å². The van der Waals surface area contributed by atoms with E-state index in [1.165, 1.54) is 23.9 Å². The van der Waals surface area contributed by atoms with Crippen LogP contribution in [0.25, 0.3) is 0 Å². The minimum absolute atomic E-state index is 0.0815. The zero-order valence-electron chi connectivity index (χ0n) is 14.3. The highest BCUT2D eigenvalue weighted by Crippen LogP contribution is 2.54. The number of epoxide rings is 1. The molecular formula is C20H26NO3+. The molecular weight excluding hydrogens is 302 g/mol. The number of nitrogens with zero attached hydrogens (tertiary/aromatic N) is 1. The standard InChI is InChI=1S/C20H26NO3/c1-21(12-14-7-8-14)16-10-15(11-17(21)20-19(16)24-20)23-18(22)9-13-5-3-2-4-6-13/h2-6,14-17,19-20H,7-12H2,1H3/q+1/t15?,16-,17+,19-,20+,21?. The van der Waals surface area contributed by atoms with Gasteiger partial charge in [0.05, 0.1) is 20.0 Å². The third-order valence-electron chi connectivity index (χ3n) is 6.68. The Morgan fingerprint density at radius 2 is 1.83 bits per heavy atom. The molecule has 1 aliphatic carbocycles. The van der Waals surface area contributed by atoms with Crippen LogP contribution in [0.2, 0.25) is 0 Å². The molecule has 24 heavy (non-hydrogen) atoms. The summed E-state index contributed by atoms with van der Waals surface area (Å²) in [4.78, 5) is 12.3. The smallest absolute Gasteiger partial charge is 0.310 e. The van der Waals surface area contributed by atoms with Crippen molar-refractivity contribution in [2.24, 2.45) is 5.92 Å². The SMILES string of the molecule is C[N+]1(CC2CC2)[C@@H]2CC(OC(=O)Cc3ccccc3)C[C@H]1[C@@H]1O[C@@H]12. The Morgan fingerprint density at radius 3 is 2.46 bits per heavy atom. The summed E-state index contributed by atoms with van der Waals surface area (Å²) in [6, 6.07) is 10.9. The Morgan fingerprint density at radius 1 is 1.17 bits per heavy atom. The van der Waals surface area contributed by atoms with Crippen molar-refractivity contribution in [2.45, 2.75) is 62.5 Å². The molecule has 4 aliphatic rings. The Bertz CT molecular complexity index is 624. The predicted octanol–water partition coefficient (Wildman–Crippen LogP) is 2.31. The van der Waals surface area contributed by atoms with Gasteiger partial charge >= 0.3 is 5.97 Å². The first kappa shape index (κ1) is 14.9. The topological polar surface area (TPSA) is 38.8 Å². The molecule has 1 saturated carbocycles. The number of likely N-dealkylation sites (N-methyl/N-ethyl adjacent to an activating group) is 1. The molecule has 1 aromatic rings. The molecule has 0 N–H and O–H groups in total. The lowest BCUT2D eigenvalue weighted by Crippen LogP contribution is -2.63. The highest BCUT2D eigenvalue weighted by molar-refractivity contribution is 5.72. The molecule has 128 valence electrons. The van der Waals surface area contributed by atoms with Gasteiger partial charge in [0, 0.05) is 18.8 Å². The van der Waals surface area contributed by atoms with E-state index >= 15 is 0 Å². The second-order valence-corrected chi connectivity index (χ2v) is 8.42. The van der Waals surface area contributed by atoms with E-state index in [0.717, 1.165) is 24.3 Å². The predicted molar refractivity (Wildman–Crippen MR) is 89.3 cm³/mol. The molecule has 0 spiro atoms. The Kier molecular flexibility index (Phi) is 3.29. The van der Waals surface area contributed by atoms with E-state index in [1.54, 1.807) is 0 Å². The summed E-state index contributed by atoms with van der Waals surface area (Å²) < 4.78 is 12.9. The molecule has 3 heterocycles. The normalized spacial score (nSPS) is 42.5. The summed E-state index contributed by atoms with van der Waals surface area (Å²) in [7, 11) is 2.42. The second-order valence-electron chi connectivity index (χ2n) is 8.42. The van der Waals surface area contributed by atoms with Crippen molar-refractivity contribution in [3.63, 3.8) is 0 Å². The van der Waals surface area contributed by atoms with Crippen molar-refractivity contribution in [1.82, 2.24) is 0 Å². The van der Waals surface area contributed by atoms with Crippen LogP contribution in [-0.4, -0.2) is 54.4 Å². The van der Waals surface area contributed by atoms with Gasteiger partial charge in [0.15, 0.2) is 0 Å². The summed E-state index contributed by atoms with van der Waals surface area (Å²) in [6.45, 7) is 1.30. The summed E-state index contributed by atoms with van der Waals surface area (Å²) in [5.41, 5.74) is 1.03. The molecule has 3 saturated heterocycles. The van der Waals surface area contributed by atoms with Gasteiger partial charge < -0.3 is 14.0 Å². The maximum atomic E-state index is 12.3. The molecule has 6 atom stereocenters. The summed E-state index contributed by atoms with van der Waals surface area (Å²) in [5.74, 6) is 0.841. The monoisotopic (exact) mass is 328 g/mol. The maximum Gasteiger partial charge on any atom is 0.310 e. The molecule has 4 fully saturated rings. The number of rotatable bonds is 5. The number of carbonyl (C=O) groups excluding carboxylic acids is 1. The zero-order chi connectivity index (χ0) is 16.3. The molecule has 5 rings (SSSR count). The number of carbonyl (C=O) groups is 1. The molecule has 0 aromatic heterocycles. The molecule has 2 bridgehead atoms. The highest BCUT2D eigenvalue weighted by Gasteiger charge is 2.72. The maximum absolute atomic E-state index is 12.3. The van der Waals surface area contributed by atoms with Gasteiger partial charge in [-0.2, -0.15) is 0 Å². The third kappa shape index (κ3) is 2.47. The summed E-state index contributed by atoms with van der Waals surface area (Å²) >= 11 is 0. The van der Waals surface area contributed by atoms with E-state index in [0.29, 0.717) is 30.7 Å². The molecule has 2 unspecified atom stereocenters. The zero-order valence-corrected chi connectivity index (χ0v) is 14.3. The largest absolute Gasteiger partial charge is 0.462 e. The van der Waals surface area contributed by atoms with Crippen LogP contribution in [0.15, 0.2) is 30.3 Å². The molecule has 0 amide bonds. The number of esters is 1. The van der Waals surface area contributed by atoms with Crippen molar-refractivity contribution >= 4 is 5.97 Å². The number of hydrogen-bond acceptors (Lipinski definition) is 3. The second kappa shape index (κ2) is 5.30. The van der Waals surface area contributed by atoms with E-state index in [4.69, 9.17) is 9.47 Å². The van der Waals surface area contributed by atoms with E-state index in [-0.39, 0.29) is 12.1 Å². The molecule has 1 aromatic carbocycles. The van der Waals surface area contributed by atoms with Gasteiger partial charge in [0.1, 0.15) is 30.4 Å². The lowest BCUT2D eigenvalue weighted by Gasteiger charge is -2.48. The number of fused-ring (bicyclic) bond motifs is 5. The average molecular weight is 328 g/mol. The van der Waals surface area contributed by atoms with Crippen LogP contribution in [-0.2, 0) is 20.7 Å². The van der Waals surface area contributed by atoms with Gasteiger partial charge in [-0.3, -0.25) is 4.79 Å². The number of morpholine rings is 1. The number of quaternary nitrogens is 1. The fraction of sp³-hybridized carbons (Fsp3) is 0.650. The van der Waals surface area contributed by atoms with Gasteiger partial charge in [0.25, 0.3) is 0 Å². The van der Waals surface area contributed by atoms with E-state index < -0.39 is 0 Å². The first-order valence-electron chi connectivity index (χ1n) is 9.37. The van der Waals surface area contributed by atoms with Crippen LogP contribution in [0.3, 0.4) is 0 Å². The average Bonchev–Trinajstić information content (AvgIpc) is 3.42. The number of piperidine rings is 1. The fourth-order valence-corrected chi connectivity index (χ4v) is 5.27. The molecule has 4 nitrogen and oxygen atoms in total. The third-order valence-corrected chi connectivity index (χ3v) is 6.68. The van der Waals surface area contributed by atoms with E-state index in [2.05, 4.69) is 7.05 Å². The Hall–Kier alpha value is -1.39. The summed E-state index contributed by atoms with van der Waals surface area (Å²) in [6.07, 6.45) is 6.07. The number of benzene rings is 1. The molecule has 4 heteroatoms. The van der Waals surface area contributed by atoms with Crippen molar-refractivity contribution in [3.8, 4) is 0 Å². The molecule has 0 radical (unpaired) electrons. The van der Waals surface area contributed by atoms with Crippen LogP contribution in [0.4, 0.5) is 0 Å². The van der Waals surface area contributed by atoms with E-state index in [9.17, 15) is 4.79 Å². The fourth-order valence-electron chi connectivity index (χ4n) is 5.27. The quantitative estimate of drug-likeness (QED) is 0.473. The molecule has 3 aliphatic heterocycles. The Balaban J connectivity index is 1.23. The van der Waals surface area contributed by atoms with Gasteiger partial charge in [-0.05, 0) is 18.4 Å². The number of hydrogen-bond donors (Lipinski definition) is 0. The minimum Gasteiger partial charge on any atom is -0.462 e. The van der Waals surface area contributed by atoms with Crippen LogP contribution in [0, 0.1) is 5.92 Å². The van der Waals surface area contributed by atoms with Crippen LogP contribution < -0.4 is 0 Å². The van der Waals surface area contributed by atoms with Gasteiger partial charge in [-0.15, -0.1) is 0 Å². The van der Waals surface area contributed by atoms with E-state index in [1.807, 2.05) is 30.3 Å². The van der Waals surface area contributed by atoms with Gasteiger partial charge in [0.2, 0.25) is 0 Å². The van der Waals surface area contributed by atoms with Crippen LogP contribution in [0.5, 0.6) is 0 Å². The first-order valence-corrected chi connectivity index (χ1v) is 9.37. The van der Waals surface area contributed by atoms with Crippen molar-refractivity contribution < 1.29 is 18.8 Å². The van der Waals surface area contributed by atoms with Crippen molar-refractivity contribution in [1.29, 1.82) is 0 Å². The van der Waals surface area contributed by atoms with Crippen LogP contribution in [0.1, 0.15) is 31.2 Å². The highest BCUT2D eigenvalue weighted by atomic mass is 16.6. The van der Waals surface area contributed by atoms with Crippen molar-refractivity contribution in [2.75, 3.05) is 13.6 Å². The lowest BCUT2D eigenvalue weighted by atomic mass is 9.94. The summed E-state index contributed by atoms with van der Waals surface area (Å²) in [5, 5.41) is 0. The van der Waals surface area contributed by atoms with Crippen molar-refractivity contribution in [3.05, 3.63) is 35.9 Å².